The van der Waals surface area contributed by atoms with E-state index in [0.29, 0.717) is 6.61 Å². The average Bonchev–Trinajstić information content (AvgIpc) is 2.96. The predicted molar refractivity (Wildman–Crippen MR) is 152 cm³/mol. The number of aryl methyl sites for hydroxylation is 2. The molecule has 0 saturated heterocycles. The molecule has 0 aliphatic carbocycles. The highest BCUT2D eigenvalue weighted by Gasteiger charge is 2.35. The lowest BCUT2D eigenvalue weighted by molar-refractivity contribution is 0.335. The Morgan fingerprint density at radius 1 is 1.24 bits per heavy atom. The van der Waals surface area contributed by atoms with Crippen LogP contribution in [0.3, 0.4) is 0 Å². The van der Waals surface area contributed by atoms with Gasteiger partial charge in [0, 0.05) is 33.8 Å². The molecule has 1 aromatic carbocycles. The number of hydrogen-bond acceptors (Lipinski definition) is 5. The van der Waals surface area contributed by atoms with Gasteiger partial charge in [-0.3, -0.25) is 9.67 Å². The van der Waals surface area contributed by atoms with Crippen LogP contribution in [0.5, 0.6) is 0 Å². The van der Waals surface area contributed by atoms with Crippen LogP contribution in [0.4, 0.5) is 5.82 Å². The molecule has 3 heterocycles. The Balaban J connectivity index is 1.75. The molecule has 0 radical (unpaired) electrons. The molecule has 4 rings (SSSR count). The number of benzene rings is 1. The summed E-state index contributed by atoms with van der Waals surface area (Å²) in [5.74, 6) is 1.99. The van der Waals surface area contributed by atoms with E-state index in [1.807, 2.05) is 47.9 Å². The number of halogens is 1. The maximum atomic E-state index is 6.57. The second-order valence-electron chi connectivity index (χ2n) is 10.1. The van der Waals surface area contributed by atoms with Crippen LogP contribution in [-0.2, 0) is 11.2 Å². The minimum atomic E-state index is -1.20. The topological polar surface area (TPSA) is 52.0 Å². The third-order valence-corrected chi connectivity index (χ3v) is 12.2. The summed E-state index contributed by atoms with van der Waals surface area (Å²) in [6, 6.07) is 12.8. The van der Waals surface area contributed by atoms with Gasteiger partial charge in [0.15, 0.2) is 0 Å². The second-order valence-corrected chi connectivity index (χ2v) is 16.1. The number of nitrogens with zero attached hydrogens (tertiary/aromatic N) is 3. The smallest absolute Gasteiger partial charge is 0.129 e. The average molecular weight is 564 g/mol. The van der Waals surface area contributed by atoms with Crippen LogP contribution in [0.2, 0.25) is 0 Å². The zero-order valence-corrected chi connectivity index (χ0v) is 24.3. The van der Waals surface area contributed by atoms with Crippen molar-refractivity contribution in [2.24, 2.45) is 7.05 Å². The zero-order valence-electron chi connectivity index (χ0n) is 21.1. The zero-order chi connectivity index (χ0) is 24.7. The number of nitrogens with one attached hydrogen (secondary N) is 1. The fraction of sp³-hybridized carbons (Fsp3) is 0.462. The number of pyridine rings is 1. The van der Waals surface area contributed by atoms with Crippen molar-refractivity contribution in [2.75, 3.05) is 30.2 Å². The largest absolute Gasteiger partial charge is 0.364 e. The molecule has 0 saturated carbocycles. The molecule has 0 fully saturated rings. The molecule has 1 N–H and O–H groups in total. The first-order valence-electron chi connectivity index (χ1n) is 11.5. The number of anilines is 1. The van der Waals surface area contributed by atoms with Gasteiger partial charge in [-0.2, -0.15) is 5.10 Å². The molecule has 0 spiro atoms. The molecular weight excluding hydrogens is 528 g/mol. The van der Waals surface area contributed by atoms with Crippen molar-refractivity contribution in [3.8, 4) is 11.4 Å². The number of thioether (sulfide) groups is 1. The van der Waals surface area contributed by atoms with Crippen LogP contribution in [0.25, 0.3) is 11.4 Å². The Morgan fingerprint density at radius 3 is 2.65 bits per heavy atom. The van der Waals surface area contributed by atoms with Crippen molar-refractivity contribution < 1.29 is 4.18 Å². The van der Waals surface area contributed by atoms with Gasteiger partial charge >= 0.3 is 0 Å². The predicted octanol–water partition coefficient (Wildman–Crippen LogP) is 6.96. The van der Waals surface area contributed by atoms with E-state index in [-0.39, 0.29) is 16.0 Å². The van der Waals surface area contributed by atoms with Crippen LogP contribution in [-0.4, -0.2) is 50.4 Å². The first-order valence-corrected chi connectivity index (χ1v) is 15.7. The van der Waals surface area contributed by atoms with Crippen LogP contribution in [0.1, 0.15) is 42.7 Å². The second kappa shape index (κ2) is 9.88. The van der Waals surface area contributed by atoms with Gasteiger partial charge in [0.25, 0.3) is 0 Å². The fourth-order valence-electron chi connectivity index (χ4n) is 3.88. The molecule has 1 unspecified atom stereocenters. The van der Waals surface area contributed by atoms with E-state index in [2.05, 4.69) is 84.6 Å². The summed E-state index contributed by atoms with van der Waals surface area (Å²) in [5, 5.41) is 8.89. The minimum Gasteiger partial charge on any atom is -0.364 e. The highest BCUT2D eigenvalue weighted by atomic mass is 79.9. The number of fused-ring (bicyclic) bond motifs is 1. The van der Waals surface area contributed by atoms with Crippen LogP contribution in [0.15, 0.2) is 47.1 Å². The molecular formula is C26H35BrN4OS2. The van der Waals surface area contributed by atoms with Crippen molar-refractivity contribution in [1.82, 2.24) is 14.8 Å². The summed E-state index contributed by atoms with van der Waals surface area (Å²) < 4.78 is 9.78. The molecule has 2 aromatic heterocycles. The Morgan fingerprint density at radius 2 is 2.00 bits per heavy atom. The van der Waals surface area contributed by atoms with Gasteiger partial charge in [-0.05, 0) is 54.8 Å². The van der Waals surface area contributed by atoms with Crippen LogP contribution >= 0.6 is 38.0 Å². The lowest BCUT2D eigenvalue weighted by Crippen LogP contribution is -2.32. The quantitative estimate of drug-likeness (QED) is 0.364. The molecule has 0 amide bonds. The monoisotopic (exact) mass is 562 g/mol. The number of aromatic nitrogens is 3. The van der Waals surface area contributed by atoms with Crippen molar-refractivity contribution >= 4 is 43.8 Å². The van der Waals surface area contributed by atoms with Crippen molar-refractivity contribution in [2.45, 2.75) is 43.7 Å². The van der Waals surface area contributed by atoms with Crippen molar-refractivity contribution in [3.05, 3.63) is 63.8 Å². The molecule has 184 valence electrons. The Labute approximate surface area is 218 Å². The summed E-state index contributed by atoms with van der Waals surface area (Å²) in [6.45, 7) is 9.65. The molecule has 1 aliphatic heterocycles. The third kappa shape index (κ3) is 5.20. The van der Waals surface area contributed by atoms with Crippen LogP contribution < -0.4 is 5.32 Å². The van der Waals surface area contributed by atoms with Gasteiger partial charge in [0.2, 0.25) is 0 Å². The molecule has 3 aromatic rings. The maximum Gasteiger partial charge on any atom is 0.129 e. The lowest BCUT2D eigenvalue weighted by atomic mass is 9.98. The van der Waals surface area contributed by atoms with Crippen LogP contribution in [0, 0.1) is 6.92 Å². The molecule has 5 nitrogen and oxygen atoms in total. The van der Waals surface area contributed by atoms with E-state index in [0.717, 1.165) is 27.4 Å². The fourth-order valence-corrected chi connectivity index (χ4v) is 6.65. The Bertz CT molecular complexity index is 1160. The maximum absolute atomic E-state index is 6.57. The van der Waals surface area contributed by atoms with Gasteiger partial charge in [-0.25, -0.2) is 0 Å². The summed E-state index contributed by atoms with van der Waals surface area (Å²) in [7, 11) is 0.818. The van der Waals surface area contributed by atoms with Gasteiger partial charge in [0.1, 0.15) is 11.5 Å². The van der Waals surface area contributed by atoms with E-state index in [4.69, 9.17) is 9.28 Å². The standard InChI is InChI=1S/C26H35BrN4OS2/c1-17-14-18(27)11-12-20(17)24-22-23(21-10-8-9-13-28-21)30-31(5)25(22)29-19(16-33-24)15-32-34(6,7)26(2,3)4/h8-14,19,24,29H,15-16H2,1-7H3/t19?,24-/m0/s1. The van der Waals surface area contributed by atoms with Crippen molar-refractivity contribution in [1.29, 1.82) is 0 Å². The van der Waals surface area contributed by atoms with Gasteiger partial charge in [-0.15, -0.1) is 22.1 Å². The van der Waals surface area contributed by atoms with Gasteiger partial charge in [-0.1, -0.05) is 48.8 Å². The normalized spacial score (nSPS) is 19.3. The molecule has 0 bridgehead atoms. The molecule has 8 heteroatoms. The summed E-state index contributed by atoms with van der Waals surface area (Å²) in [5.41, 5.74) is 5.61. The third-order valence-electron chi connectivity index (χ3n) is 6.61. The highest BCUT2D eigenvalue weighted by molar-refractivity contribution is 9.10. The van der Waals surface area contributed by atoms with E-state index < -0.39 is 10.3 Å². The molecule has 1 aliphatic rings. The summed E-state index contributed by atoms with van der Waals surface area (Å²) >= 11 is 5.59. The van der Waals surface area contributed by atoms with E-state index in [1.165, 1.54) is 16.7 Å². The lowest BCUT2D eigenvalue weighted by Gasteiger charge is -2.44. The first-order chi connectivity index (χ1) is 16.0. The van der Waals surface area contributed by atoms with E-state index in [1.54, 1.807) is 0 Å². The van der Waals surface area contributed by atoms with E-state index in [9.17, 15) is 0 Å². The SMILES string of the molecule is Cc1cc(Br)ccc1[C@@H]1SCC(COS(C)(C)C(C)(C)C)Nc2c1c(-c1ccccn1)nn2C. The number of rotatable bonds is 5. The Hall–Kier alpha value is -1.48. The highest BCUT2D eigenvalue weighted by Crippen LogP contribution is 2.54. The molecule has 34 heavy (non-hydrogen) atoms. The minimum absolute atomic E-state index is 0.131. The Kier molecular flexibility index (Phi) is 7.44. The first kappa shape index (κ1) is 25.6. The van der Waals surface area contributed by atoms with Gasteiger partial charge < -0.3 is 9.50 Å². The van der Waals surface area contributed by atoms with E-state index >= 15 is 0 Å². The molecule has 2 atom stereocenters. The number of hydrogen-bond donors (Lipinski definition) is 1. The van der Waals surface area contributed by atoms with Crippen molar-refractivity contribution in [3.63, 3.8) is 0 Å². The summed E-state index contributed by atoms with van der Waals surface area (Å²) in [6.07, 6.45) is 6.36. The summed E-state index contributed by atoms with van der Waals surface area (Å²) in [4.78, 5) is 4.64. The van der Waals surface area contributed by atoms with Gasteiger partial charge in [0.05, 0.1) is 23.6 Å².